The molecule has 22 heavy (non-hydrogen) atoms. The Balaban J connectivity index is 1.86. The van der Waals surface area contributed by atoms with Gasteiger partial charge in [-0.3, -0.25) is 9.69 Å². The number of aryl methyl sites for hydroxylation is 1. The van der Waals surface area contributed by atoms with Gasteiger partial charge in [0.15, 0.2) is 0 Å². The molecule has 0 amide bonds. The number of carboxylic acids is 1. The van der Waals surface area contributed by atoms with Gasteiger partial charge in [0.2, 0.25) is 0 Å². The van der Waals surface area contributed by atoms with E-state index in [2.05, 4.69) is 10.3 Å². The molecule has 2 unspecified atom stereocenters. The van der Waals surface area contributed by atoms with Crippen molar-refractivity contribution in [1.29, 1.82) is 0 Å². The van der Waals surface area contributed by atoms with Crippen LogP contribution in [0.2, 0.25) is 0 Å². The first-order valence-electron chi connectivity index (χ1n) is 7.55. The Morgan fingerprint density at radius 2 is 2.23 bits per heavy atom. The molecule has 1 saturated heterocycles. The largest absolute Gasteiger partial charge is 0.480 e. The molecule has 0 bridgehead atoms. The summed E-state index contributed by atoms with van der Waals surface area (Å²) in [5.41, 5.74) is 1.88. The van der Waals surface area contributed by atoms with E-state index in [0.29, 0.717) is 6.54 Å². The third kappa shape index (κ3) is 2.87. The molecular formula is C16H20N4O2. The monoisotopic (exact) mass is 300 g/mol. The van der Waals surface area contributed by atoms with E-state index in [9.17, 15) is 9.90 Å². The lowest BCUT2D eigenvalue weighted by molar-refractivity contribution is -0.144. The van der Waals surface area contributed by atoms with Crippen LogP contribution in [0.5, 0.6) is 0 Å². The lowest BCUT2D eigenvalue weighted by Crippen LogP contribution is -2.42. The molecular weight excluding hydrogens is 280 g/mol. The number of aromatic nitrogens is 3. The summed E-state index contributed by atoms with van der Waals surface area (Å²) in [4.78, 5) is 13.9. The number of carboxylic acid groups (broad SMARTS) is 1. The zero-order chi connectivity index (χ0) is 15.5. The molecule has 3 rings (SSSR count). The average Bonchev–Trinajstić information content (AvgIpc) is 3.04. The molecule has 0 spiro atoms. The van der Waals surface area contributed by atoms with E-state index < -0.39 is 12.0 Å². The molecule has 2 aromatic rings. The molecule has 0 saturated carbocycles. The SMILES string of the molecule is Cc1ccccc1C(C(=O)O)N1CCCC(n2ccnn2)C1. The Kier molecular flexibility index (Phi) is 4.20. The summed E-state index contributed by atoms with van der Waals surface area (Å²) < 4.78 is 1.84. The molecule has 1 aliphatic rings. The highest BCUT2D eigenvalue weighted by atomic mass is 16.4. The molecule has 1 aliphatic heterocycles. The lowest BCUT2D eigenvalue weighted by Gasteiger charge is -2.36. The summed E-state index contributed by atoms with van der Waals surface area (Å²) >= 11 is 0. The fourth-order valence-electron chi connectivity index (χ4n) is 3.23. The van der Waals surface area contributed by atoms with Gasteiger partial charge < -0.3 is 5.11 Å². The number of rotatable bonds is 4. The summed E-state index contributed by atoms with van der Waals surface area (Å²) in [6.07, 6.45) is 5.47. The number of carbonyl (C=O) groups is 1. The van der Waals surface area contributed by atoms with Gasteiger partial charge >= 0.3 is 5.97 Å². The minimum Gasteiger partial charge on any atom is -0.480 e. The van der Waals surface area contributed by atoms with Crippen molar-refractivity contribution in [2.24, 2.45) is 0 Å². The summed E-state index contributed by atoms with van der Waals surface area (Å²) in [7, 11) is 0. The zero-order valence-electron chi connectivity index (χ0n) is 12.6. The fraction of sp³-hybridized carbons (Fsp3) is 0.438. The van der Waals surface area contributed by atoms with Gasteiger partial charge in [-0.25, -0.2) is 4.68 Å². The summed E-state index contributed by atoms with van der Waals surface area (Å²) in [6.45, 7) is 3.43. The Labute approximate surface area is 129 Å². The van der Waals surface area contributed by atoms with Crippen LogP contribution in [0.15, 0.2) is 36.7 Å². The molecule has 0 radical (unpaired) electrons. The molecule has 116 valence electrons. The van der Waals surface area contributed by atoms with Crippen LogP contribution in [0.4, 0.5) is 0 Å². The smallest absolute Gasteiger partial charge is 0.325 e. The molecule has 0 aliphatic carbocycles. The van der Waals surface area contributed by atoms with E-state index in [-0.39, 0.29) is 6.04 Å². The van der Waals surface area contributed by atoms with Crippen molar-refractivity contribution in [3.8, 4) is 0 Å². The molecule has 6 heteroatoms. The van der Waals surface area contributed by atoms with Crippen LogP contribution in [0.3, 0.4) is 0 Å². The second-order valence-corrected chi connectivity index (χ2v) is 5.77. The second kappa shape index (κ2) is 6.27. The number of hydrogen-bond donors (Lipinski definition) is 1. The summed E-state index contributed by atoms with van der Waals surface area (Å²) in [6, 6.07) is 7.29. The van der Waals surface area contributed by atoms with Gasteiger partial charge in [-0.2, -0.15) is 0 Å². The zero-order valence-corrected chi connectivity index (χ0v) is 12.6. The quantitative estimate of drug-likeness (QED) is 0.935. The molecule has 1 aromatic carbocycles. The van der Waals surface area contributed by atoms with E-state index in [0.717, 1.165) is 30.5 Å². The van der Waals surface area contributed by atoms with E-state index >= 15 is 0 Å². The van der Waals surface area contributed by atoms with Gasteiger partial charge in [0.05, 0.1) is 12.2 Å². The molecule has 2 heterocycles. The second-order valence-electron chi connectivity index (χ2n) is 5.77. The van der Waals surface area contributed by atoms with Gasteiger partial charge in [0.1, 0.15) is 6.04 Å². The van der Waals surface area contributed by atoms with Crippen LogP contribution >= 0.6 is 0 Å². The van der Waals surface area contributed by atoms with Crippen LogP contribution in [0, 0.1) is 6.92 Å². The van der Waals surface area contributed by atoms with Crippen LogP contribution in [0.25, 0.3) is 0 Å². The molecule has 1 fully saturated rings. The van der Waals surface area contributed by atoms with Gasteiger partial charge in [-0.05, 0) is 37.4 Å². The standard InChI is InChI=1S/C16H20N4O2/c1-12-5-2-3-7-14(12)15(16(21)22)19-9-4-6-13(11-19)20-10-8-17-18-20/h2-3,5,7-8,10,13,15H,4,6,9,11H2,1H3,(H,21,22). The minimum absolute atomic E-state index is 0.183. The van der Waals surface area contributed by atoms with Crippen LogP contribution < -0.4 is 0 Å². The highest BCUT2D eigenvalue weighted by Crippen LogP contribution is 2.30. The van der Waals surface area contributed by atoms with Crippen molar-refractivity contribution in [2.75, 3.05) is 13.1 Å². The van der Waals surface area contributed by atoms with Gasteiger partial charge in [-0.1, -0.05) is 29.5 Å². The van der Waals surface area contributed by atoms with Crippen molar-refractivity contribution in [3.05, 3.63) is 47.8 Å². The Morgan fingerprint density at radius 3 is 2.91 bits per heavy atom. The van der Waals surface area contributed by atoms with E-state index in [4.69, 9.17) is 0 Å². The number of piperidine rings is 1. The molecule has 1 N–H and O–H groups in total. The van der Waals surface area contributed by atoms with Gasteiger partial charge in [0, 0.05) is 12.7 Å². The predicted molar refractivity (Wildman–Crippen MR) is 81.4 cm³/mol. The fourth-order valence-corrected chi connectivity index (χ4v) is 3.23. The maximum Gasteiger partial charge on any atom is 0.325 e. The number of likely N-dealkylation sites (tertiary alicyclic amines) is 1. The Bertz CT molecular complexity index is 641. The first-order chi connectivity index (χ1) is 10.7. The Morgan fingerprint density at radius 1 is 1.41 bits per heavy atom. The van der Waals surface area contributed by atoms with Gasteiger partial charge in [-0.15, -0.1) is 5.10 Å². The lowest BCUT2D eigenvalue weighted by atomic mass is 9.96. The number of hydrogen-bond acceptors (Lipinski definition) is 4. The maximum atomic E-state index is 11.9. The third-order valence-electron chi connectivity index (χ3n) is 4.33. The maximum absolute atomic E-state index is 11.9. The van der Waals surface area contributed by atoms with E-state index in [1.165, 1.54) is 0 Å². The van der Waals surface area contributed by atoms with Gasteiger partial charge in [0.25, 0.3) is 0 Å². The summed E-state index contributed by atoms with van der Waals surface area (Å²) in [5, 5.41) is 17.7. The van der Waals surface area contributed by atoms with Crippen molar-refractivity contribution in [2.45, 2.75) is 31.8 Å². The van der Waals surface area contributed by atoms with Crippen LogP contribution in [-0.2, 0) is 4.79 Å². The highest BCUT2D eigenvalue weighted by Gasteiger charge is 2.33. The first kappa shape index (κ1) is 14.7. The number of aliphatic carboxylic acids is 1. The van der Waals surface area contributed by atoms with E-state index in [1.807, 2.05) is 47.0 Å². The van der Waals surface area contributed by atoms with Crippen LogP contribution in [0.1, 0.15) is 36.1 Å². The molecule has 2 atom stereocenters. The topological polar surface area (TPSA) is 71.2 Å². The van der Waals surface area contributed by atoms with E-state index in [1.54, 1.807) is 6.20 Å². The third-order valence-corrected chi connectivity index (χ3v) is 4.33. The summed E-state index contributed by atoms with van der Waals surface area (Å²) in [5.74, 6) is -0.798. The van der Waals surface area contributed by atoms with Crippen molar-refractivity contribution < 1.29 is 9.90 Å². The average molecular weight is 300 g/mol. The van der Waals surface area contributed by atoms with Crippen molar-refractivity contribution >= 4 is 5.97 Å². The number of nitrogens with zero attached hydrogens (tertiary/aromatic N) is 4. The van der Waals surface area contributed by atoms with Crippen molar-refractivity contribution in [3.63, 3.8) is 0 Å². The normalized spacial score (nSPS) is 20.7. The first-order valence-corrected chi connectivity index (χ1v) is 7.55. The van der Waals surface area contributed by atoms with Crippen LogP contribution in [-0.4, -0.2) is 44.1 Å². The minimum atomic E-state index is -0.798. The number of benzene rings is 1. The molecule has 1 aromatic heterocycles. The van der Waals surface area contributed by atoms with Crippen molar-refractivity contribution in [1.82, 2.24) is 19.9 Å². The Hall–Kier alpha value is -2.21. The highest BCUT2D eigenvalue weighted by molar-refractivity contribution is 5.76. The predicted octanol–water partition coefficient (Wildman–Crippen LogP) is 2.05. The molecule has 6 nitrogen and oxygen atoms in total.